The molecular formula is C51H30N4OS. The highest BCUT2D eigenvalue weighted by Gasteiger charge is 2.23. The first kappa shape index (κ1) is 31.9. The van der Waals surface area contributed by atoms with Gasteiger partial charge in [-0.3, -0.25) is 0 Å². The van der Waals surface area contributed by atoms with Crippen molar-refractivity contribution >= 4 is 75.3 Å². The van der Waals surface area contributed by atoms with E-state index < -0.39 is 0 Å². The van der Waals surface area contributed by atoms with Gasteiger partial charge in [0.2, 0.25) is 0 Å². The van der Waals surface area contributed by atoms with E-state index in [1.54, 1.807) is 11.3 Å². The monoisotopic (exact) mass is 746 g/mol. The second kappa shape index (κ2) is 12.6. The lowest BCUT2D eigenvalue weighted by atomic mass is 10.0. The van der Waals surface area contributed by atoms with Gasteiger partial charge in [0.1, 0.15) is 11.2 Å². The second-order valence-electron chi connectivity index (χ2n) is 14.3. The topological polar surface area (TPSA) is 56.7 Å². The lowest BCUT2D eigenvalue weighted by Gasteiger charge is -2.14. The summed E-state index contributed by atoms with van der Waals surface area (Å²) in [5, 5.41) is 7.02. The van der Waals surface area contributed by atoms with E-state index in [0.29, 0.717) is 17.5 Å². The number of hydrogen-bond acceptors (Lipinski definition) is 5. The summed E-state index contributed by atoms with van der Waals surface area (Å²) in [4.78, 5) is 15.6. The van der Waals surface area contributed by atoms with Crippen LogP contribution in [0.5, 0.6) is 0 Å². The number of aromatic nitrogens is 4. The van der Waals surface area contributed by atoms with E-state index in [1.807, 2.05) is 24.3 Å². The zero-order valence-electron chi connectivity index (χ0n) is 30.4. The van der Waals surface area contributed by atoms with Crippen LogP contribution >= 0.6 is 11.3 Å². The molecule has 0 unspecified atom stereocenters. The van der Waals surface area contributed by atoms with Crippen molar-refractivity contribution in [2.24, 2.45) is 0 Å². The van der Waals surface area contributed by atoms with E-state index in [1.165, 1.54) is 20.2 Å². The minimum Gasteiger partial charge on any atom is -0.455 e. The molecule has 266 valence electrons. The molecule has 4 aromatic heterocycles. The summed E-state index contributed by atoms with van der Waals surface area (Å²) in [5.41, 5.74) is 9.92. The Kier molecular flexibility index (Phi) is 7.03. The van der Waals surface area contributed by atoms with Crippen LogP contribution in [-0.4, -0.2) is 19.5 Å². The number of para-hydroxylation sites is 3. The fourth-order valence-electron chi connectivity index (χ4n) is 8.52. The lowest BCUT2D eigenvalue weighted by Crippen LogP contribution is -2.03. The van der Waals surface area contributed by atoms with Crippen LogP contribution in [0.2, 0.25) is 0 Å². The molecule has 0 atom stereocenters. The van der Waals surface area contributed by atoms with E-state index in [0.717, 1.165) is 77.2 Å². The Morgan fingerprint density at radius 2 is 1.05 bits per heavy atom. The molecule has 0 saturated carbocycles. The van der Waals surface area contributed by atoms with Crippen LogP contribution in [0.15, 0.2) is 186 Å². The predicted molar refractivity (Wildman–Crippen MR) is 236 cm³/mol. The van der Waals surface area contributed by atoms with Crippen LogP contribution in [0.3, 0.4) is 0 Å². The molecule has 0 saturated heterocycles. The first-order chi connectivity index (χ1) is 28.3. The Bertz CT molecular complexity index is 3530. The highest BCUT2D eigenvalue weighted by molar-refractivity contribution is 7.25. The fourth-order valence-corrected chi connectivity index (χ4v) is 9.66. The van der Waals surface area contributed by atoms with Crippen LogP contribution in [0.1, 0.15) is 0 Å². The lowest BCUT2D eigenvalue weighted by molar-refractivity contribution is 0.670. The maximum absolute atomic E-state index is 6.72. The molecular weight excluding hydrogens is 717 g/mol. The van der Waals surface area contributed by atoms with Gasteiger partial charge in [-0.1, -0.05) is 140 Å². The molecule has 0 bridgehead atoms. The van der Waals surface area contributed by atoms with Crippen LogP contribution in [-0.2, 0) is 0 Å². The summed E-state index contributed by atoms with van der Waals surface area (Å²) in [5.74, 6) is 1.88. The number of rotatable bonds is 5. The van der Waals surface area contributed by atoms with E-state index in [2.05, 4.69) is 162 Å². The van der Waals surface area contributed by atoms with Gasteiger partial charge in [-0.15, -0.1) is 11.3 Å². The highest BCUT2D eigenvalue weighted by atomic mass is 32.1. The first-order valence-corrected chi connectivity index (χ1v) is 19.8. The van der Waals surface area contributed by atoms with Crippen LogP contribution in [0.25, 0.3) is 115 Å². The standard InChI is InChI=1S/C51H30N4OS/c1-3-14-31(15-4-1)34-21-13-22-39-47-43(56-48(34)39)29-28-42-46(47)37-19-7-10-23-40(37)55(42)41-24-11-8-20-38(41)51-53-49(32-16-5-2-6-17-32)52-50(54-51)33-26-27-36-35-18-9-12-25-44(35)57-45(36)30-33/h1-30H. The third-order valence-corrected chi connectivity index (χ3v) is 12.2. The predicted octanol–water partition coefficient (Wildman–Crippen LogP) is 13.9. The van der Waals surface area contributed by atoms with Crippen molar-refractivity contribution in [2.45, 2.75) is 0 Å². The quantitative estimate of drug-likeness (QED) is 0.176. The number of hydrogen-bond donors (Lipinski definition) is 0. The second-order valence-corrected chi connectivity index (χ2v) is 15.4. The fraction of sp³-hybridized carbons (Fsp3) is 0. The minimum atomic E-state index is 0.610. The van der Waals surface area contributed by atoms with Crippen LogP contribution < -0.4 is 0 Å². The molecule has 8 aromatic carbocycles. The Morgan fingerprint density at radius 3 is 1.91 bits per heavy atom. The maximum Gasteiger partial charge on any atom is 0.166 e. The molecule has 0 amide bonds. The molecule has 12 rings (SSSR count). The van der Waals surface area contributed by atoms with Gasteiger partial charge in [0.05, 0.1) is 16.7 Å². The minimum absolute atomic E-state index is 0.610. The number of furan rings is 1. The molecule has 0 fully saturated rings. The average molecular weight is 747 g/mol. The maximum atomic E-state index is 6.72. The largest absolute Gasteiger partial charge is 0.455 e. The van der Waals surface area contributed by atoms with Gasteiger partial charge in [-0.2, -0.15) is 0 Å². The van der Waals surface area contributed by atoms with Crippen molar-refractivity contribution in [1.82, 2.24) is 19.5 Å². The van der Waals surface area contributed by atoms with Crippen LogP contribution in [0.4, 0.5) is 0 Å². The number of nitrogens with zero attached hydrogens (tertiary/aromatic N) is 4. The van der Waals surface area contributed by atoms with Gasteiger partial charge in [0, 0.05) is 64.0 Å². The summed E-state index contributed by atoms with van der Waals surface area (Å²) in [7, 11) is 0. The van der Waals surface area contributed by atoms with Gasteiger partial charge >= 0.3 is 0 Å². The van der Waals surface area contributed by atoms with Crippen molar-refractivity contribution in [3.05, 3.63) is 182 Å². The zero-order chi connectivity index (χ0) is 37.5. The van der Waals surface area contributed by atoms with E-state index in [4.69, 9.17) is 19.4 Å². The Balaban J connectivity index is 1.10. The number of fused-ring (bicyclic) bond motifs is 10. The first-order valence-electron chi connectivity index (χ1n) is 19.0. The van der Waals surface area contributed by atoms with Crippen molar-refractivity contribution in [1.29, 1.82) is 0 Å². The Morgan fingerprint density at radius 1 is 0.404 bits per heavy atom. The molecule has 12 aromatic rings. The molecule has 4 heterocycles. The van der Waals surface area contributed by atoms with Gasteiger partial charge < -0.3 is 8.98 Å². The molecule has 0 aliphatic rings. The molecule has 57 heavy (non-hydrogen) atoms. The van der Waals surface area contributed by atoms with Crippen molar-refractivity contribution in [3.63, 3.8) is 0 Å². The molecule has 0 spiro atoms. The van der Waals surface area contributed by atoms with Crippen molar-refractivity contribution in [2.75, 3.05) is 0 Å². The number of thiophene rings is 1. The summed E-state index contributed by atoms with van der Waals surface area (Å²) in [6, 6.07) is 63.6. The van der Waals surface area contributed by atoms with Crippen molar-refractivity contribution in [3.8, 4) is 51.0 Å². The highest BCUT2D eigenvalue weighted by Crippen LogP contribution is 2.44. The smallest absolute Gasteiger partial charge is 0.166 e. The third kappa shape index (κ3) is 4.98. The molecule has 5 nitrogen and oxygen atoms in total. The van der Waals surface area contributed by atoms with Gasteiger partial charge in [0.15, 0.2) is 17.5 Å². The Labute approximate surface area is 330 Å². The molecule has 0 aliphatic heterocycles. The zero-order valence-corrected chi connectivity index (χ0v) is 31.2. The van der Waals surface area contributed by atoms with E-state index in [-0.39, 0.29) is 0 Å². The molecule has 0 N–H and O–H groups in total. The van der Waals surface area contributed by atoms with E-state index in [9.17, 15) is 0 Å². The summed E-state index contributed by atoms with van der Waals surface area (Å²) < 4.78 is 11.5. The summed E-state index contributed by atoms with van der Waals surface area (Å²) >= 11 is 1.79. The normalized spacial score (nSPS) is 11.9. The molecule has 6 heteroatoms. The van der Waals surface area contributed by atoms with Crippen LogP contribution in [0, 0.1) is 0 Å². The van der Waals surface area contributed by atoms with Gasteiger partial charge in [0.25, 0.3) is 0 Å². The summed E-state index contributed by atoms with van der Waals surface area (Å²) in [6.45, 7) is 0. The average Bonchev–Trinajstić information content (AvgIpc) is 3.96. The summed E-state index contributed by atoms with van der Waals surface area (Å²) in [6.07, 6.45) is 0. The molecule has 0 aliphatic carbocycles. The SMILES string of the molecule is c1ccc(-c2nc(-c3ccc4c(c3)sc3ccccc34)nc(-c3ccccc3-n3c4ccccc4c4c5c(ccc43)oc3c(-c4ccccc4)cccc35)n2)cc1. The van der Waals surface area contributed by atoms with Gasteiger partial charge in [-0.25, -0.2) is 15.0 Å². The molecule has 0 radical (unpaired) electrons. The number of benzene rings is 8. The van der Waals surface area contributed by atoms with Gasteiger partial charge in [-0.05, 0) is 48.0 Å². The van der Waals surface area contributed by atoms with Crippen molar-refractivity contribution < 1.29 is 4.42 Å². The van der Waals surface area contributed by atoms with E-state index >= 15 is 0 Å². The third-order valence-electron chi connectivity index (χ3n) is 11.1. The Hall–Kier alpha value is -7.41.